The van der Waals surface area contributed by atoms with Crippen LogP contribution in [-0.4, -0.2) is 29.5 Å². The number of rotatable bonds is 9. The molecule has 0 aliphatic rings. The highest BCUT2D eigenvalue weighted by atomic mass is 32.2. The van der Waals surface area contributed by atoms with Crippen LogP contribution in [0.2, 0.25) is 0 Å². The molecule has 7 heteroatoms. The molecule has 0 radical (unpaired) electrons. The molecule has 26 heavy (non-hydrogen) atoms. The van der Waals surface area contributed by atoms with Crippen LogP contribution in [0.5, 0.6) is 0 Å². The maximum atomic E-state index is 12.4. The van der Waals surface area contributed by atoms with E-state index in [-0.39, 0.29) is 29.0 Å². The summed E-state index contributed by atoms with van der Waals surface area (Å²) in [6.45, 7) is 3.21. The summed E-state index contributed by atoms with van der Waals surface area (Å²) in [5.74, 6) is -1.61. The van der Waals surface area contributed by atoms with Crippen LogP contribution in [0.15, 0.2) is 47.1 Å². The summed E-state index contributed by atoms with van der Waals surface area (Å²) in [7, 11) is 0. The highest BCUT2D eigenvalue weighted by molar-refractivity contribution is 7.99. The predicted molar refractivity (Wildman–Crippen MR) is 96.6 cm³/mol. The number of amides is 1. The average molecular weight is 374 g/mol. The standard InChI is InChI=1S/C19H21NO5S/c1-12-5-7-14(8-6-12)18(10-16(22)17-4-3-9-25-17)26-11-15(19(23)24)20-13(2)21/h3-9,15,18H,10-11H2,1-2H3,(H,20,21)(H,23,24)/p-1/t15-,18+/m0/s1. The van der Waals surface area contributed by atoms with Crippen LogP contribution in [0.25, 0.3) is 0 Å². The minimum Gasteiger partial charge on any atom is -0.548 e. The van der Waals surface area contributed by atoms with E-state index in [0.717, 1.165) is 11.1 Å². The molecule has 0 aliphatic heterocycles. The zero-order valence-corrected chi connectivity index (χ0v) is 15.4. The van der Waals surface area contributed by atoms with Crippen LogP contribution in [0.3, 0.4) is 0 Å². The van der Waals surface area contributed by atoms with E-state index in [4.69, 9.17) is 4.42 Å². The molecule has 2 rings (SSSR count). The van der Waals surface area contributed by atoms with E-state index >= 15 is 0 Å². The Labute approximate surface area is 156 Å². The smallest absolute Gasteiger partial charge is 0.217 e. The van der Waals surface area contributed by atoms with E-state index in [1.54, 1.807) is 12.1 Å². The zero-order chi connectivity index (χ0) is 19.1. The number of furan rings is 1. The number of carboxylic acids is 1. The molecule has 0 fully saturated rings. The van der Waals surface area contributed by atoms with Crippen molar-refractivity contribution in [3.8, 4) is 0 Å². The number of Topliss-reactive ketones (excluding diaryl/α,β-unsaturated/α-hetero) is 1. The molecule has 0 spiro atoms. The minimum atomic E-state index is -1.35. The zero-order valence-electron chi connectivity index (χ0n) is 14.6. The number of carboxylic acid groups (broad SMARTS) is 1. The number of thioether (sulfide) groups is 1. The summed E-state index contributed by atoms with van der Waals surface area (Å²) < 4.78 is 5.15. The fraction of sp³-hybridized carbons (Fsp3) is 0.316. The number of carbonyl (C=O) groups excluding carboxylic acids is 3. The van der Waals surface area contributed by atoms with Gasteiger partial charge in [0, 0.05) is 24.3 Å². The largest absolute Gasteiger partial charge is 0.548 e. The molecule has 0 saturated heterocycles. The first-order chi connectivity index (χ1) is 12.4. The fourth-order valence-electron chi connectivity index (χ4n) is 2.39. The molecule has 0 bridgehead atoms. The number of hydrogen-bond donors (Lipinski definition) is 1. The molecule has 1 N–H and O–H groups in total. The van der Waals surface area contributed by atoms with Gasteiger partial charge in [0.15, 0.2) is 11.5 Å². The SMILES string of the molecule is CC(=O)N[C@@H](CS[C@H](CC(=O)c1ccco1)c1ccc(C)cc1)C(=O)[O-]. The lowest BCUT2D eigenvalue weighted by Crippen LogP contribution is -2.48. The summed E-state index contributed by atoms with van der Waals surface area (Å²) in [5.41, 5.74) is 1.99. The van der Waals surface area contributed by atoms with Gasteiger partial charge in [-0.05, 0) is 24.6 Å². The lowest BCUT2D eigenvalue weighted by Gasteiger charge is -2.22. The number of nitrogens with one attached hydrogen (secondary N) is 1. The second-order valence-corrected chi connectivity index (χ2v) is 7.15. The molecule has 0 unspecified atom stereocenters. The van der Waals surface area contributed by atoms with Crippen molar-refractivity contribution in [3.63, 3.8) is 0 Å². The van der Waals surface area contributed by atoms with Crippen LogP contribution in [0.4, 0.5) is 0 Å². The van der Waals surface area contributed by atoms with Crippen molar-refractivity contribution in [3.05, 3.63) is 59.5 Å². The van der Waals surface area contributed by atoms with Crippen LogP contribution in [-0.2, 0) is 9.59 Å². The maximum Gasteiger partial charge on any atom is 0.217 e. The fourth-order valence-corrected chi connectivity index (χ4v) is 3.65. The predicted octanol–water partition coefficient (Wildman–Crippen LogP) is 1.89. The minimum absolute atomic E-state index is 0.0892. The summed E-state index contributed by atoms with van der Waals surface area (Å²) in [6, 6.07) is 9.81. The van der Waals surface area contributed by atoms with Gasteiger partial charge in [-0.2, -0.15) is 11.8 Å². The van der Waals surface area contributed by atoms with E-state index in [0.29, 0.717) is 0 Å². The first-order valence-corrected chi connectivity index (χ1v) is 9.14. The Balaban J connectivity index is 2.14. The second-order valence-electron chi connectivity index (χ2n) is 5.91. The van der Waals surface area contributed by atoms with Gasteiger partial charge < -0.3 is 19.6 Å². The number of aryl methyl sites for hydroxylation is 1. The number of aliphatic carboxylic acids is 1. The lowest BCUT2D eigenvalue weighted by atomic mass is 10.0. The summed E-state index contributed by atoms with van der Waals surface area (Å²) in [4.78, 5) is 34.8. The van der Waals surface area contributed by atoms with Gasteiger partial charge >= 0.3 is 0 Å². The molecular formula is C19H20NO5S-. The highest BCUT2D eigenvalue weighted by Gasteiger charge is 2.22. The van der Waals surface area contributed by atoms with E-state index in [9.17, 15) is 19.5 Å². The molecule has 1 aromatic carbocycles. The van der Waals surface area contributed by atoms with Gasteiger partial charge in [0.05, 0.1) is 18.3 Å². The summed E-state index contributed by atoms with van der Waals surface area (Å²) in [6.07, 6.45) is 1.59. The van der Waals surface area contributed by atoms with Crippen molar-refractivity contribution >= 4 is 29.4 Å². The van der Waals surface area contributed by atoms with Gasteiger partial charge in [-0.15, -0.1) is 0 Å². The summed E-state index contributed by atoms with van der Waals surface area (Å²) in [5, 5.41) is 13.3. The molecule has 1 heterocycles. The summed E-state index contributed by atoms with van der Waals surface area (Å²) >= 11 is 1.29. The van der Waals surface area contributed by atoms with Gasteiger partial charge in [-0.1, -0.05) is 29.8 Å². The molecule has 2 atom stereocenters. The number of hydrogen-bond acceptors (Lipinski definition) is 6. The Bertz CT molecular complexity index is 755. The van der Waals surface area contributed by atoms with Crippen molar-refractivity contribution in [2.75, 3.05) is 5.75 Å². The first-order valence-electron chi connectivity index (χ1n) is 8.09. The van der Waals surface area contributed by atoms with Crippen molar-refractivity contribution in [1.29, 1.82) is 0 Å². The molecule has 138 valence electrons. The Kier molecular flexibility index (Phi) is 7.03. The van der Waals surface area contributed by atoms with E-state index < -0.39 is 17.9 Å². The quantitative estimate of drug-likeness (QED) is 0.673. The molecule has 1 aromatic heterocycles. The molecule has 0 saturated carbocycles. The number of ketones is 1. The number of benzene rings is 1. The van der Waals surface area contributed by atoms with Crippen molar-refractivity contribution in [2.24, 2.45) is 0 Å². The van der Waals surface area contributed by atoms with Crippen molar-refractivity contribution < 1.29 is 23.9 Å². The maximum absolute atomic E-state index is 12.4. The van der Waals surface area contributed by atoms with Crippen LogP contribution in [0.1, 0.15) is 40.3 Å². The number of carbonyl (C=O) groups is 3. The van der Waals surface area contributed by atoms with Crippen LogP contribution < -0.4 is 10.4 Å². The first kappa shape index (κ1) is 19.8. The second kappa shape index (κ2) is 9.24. The Morgan fingerprint density at radius 3 is 2.42 bits per heavy atom. The third-order valence-electron chi connectivity index (χ3n) is 3.74. The van der Waals surface area contributed by atoms with Crippen molar-refractivity contribution in [2.45, 2.75) is 31.6 Å². The topological polar surface area (TPSA) is 99.4 Å². The Morgan fingerprint density at radius 2 is 1.88 bits per heavy atom. The highest BCUT2D eigenvalue weighted by Crippen LogP contribution is 2.34. The molecule has 6 nitrogen and oxygen atoms in total. The Hall–Kier alpha value is -2.54. The van der Waals surface area contributed by atoms with Gasteiger partial charge in [-0.3, -0.25) is 9.59 Å². The molecule has 0 aliphatic carbocycles. The van der Waals surface area contributed by atoms with Crippen molar-refractivity contribution in [1.82, 2.24) is 5.32 Å². The van der Waals surface area contributed by atoms with Gasteiger partial charge in [0.1, 0.15) is 0 Å². The van der Waals surface area contributed by atoms with Crippen LogP contribution >= 0.6 is 11.8 Å². The lowest BCUT2D eigenvalue weighted by molar-refractivity contribution is -0.307. The monoisotopic (exact) mass is 374 g/mol. The van der Waals surface area contributed by atoms with E-state index in [1.165, 1.54) is 24.9 Å². The molecule has 1 amide bonds. The van der Waals surface area contributed by atoms with Crippen LogP contribution in [0, 0.1) is 6.92 Å². The normalized spacial score (nSPS) is 13.0. The Morgan fingerprint density at radius 1 is 1.19 bits per heavy atom. The van der Waals surface area contributed by atoms with E-state index in [1.807, 2.05) is 31.2 Å². The third-order valence-corrected chi connectivity index (χ3v) is 5.11. The van der Waals surface area contributed by atoms with Gasteiger partial charge in [0.25, 0.3) is 0 Å². The molecule has 2 aromatic rings. The van der Waals surface area contributed by atoms with Gasteiger partial charge in [-0.25, -0.2) is 0 Å². The van der Waals surface area contributed by atoms with E-state index in [2.05, 4.69) is 5.32 Å². The average Bonchev–Trinajstić information content (AvgIpc) is 3.12. The third kappa shape index (κ3) is 5.77. The van der Waals surface area contributed by atoms with Gasteiger partial charge in [0.2, 0.25) is 5.91 Å². The molecular weight excluding hydrogens is 354 g/mol.